The third-order valence-electron chi connectivity index (χ3n) is 2.77. The lowest BCUT2D eigenvalue weighted by Gasteiger charge is -2.13. The molecule has 0 aliphatic carbocycles. The molecule has 0 spiro atoms. The number of rotatable bonds is 6. The van der Waals surface area contributed by atoms with Crippen LogP contribution in [0.25, 0.3) is 0 Å². The van der Waals surface area contributed by atoms with Crippen molar-refractivity contribution in [1.82, 2.24) is 4.90 Å². The molecule has 0 fully saturated rings. The fourth-order valence-corrected chi connectivity index (χ4v) is 1.93. The van der Waals surface area contributed by atoms with Crippen LogP contribution in [0.15, 0.2) is 24.3 Å². The van der Waals surface area contributed by atoms with Crippen molar-refractivity contribution in [2.45, 2.75) is 6.42 Å². The fourth-order valence-electron chi connectivity index (χ4n) is 1.93. The molecular weight excluding hydrogens is 250 g/mol. The Morgan fingerprint density at radius 3 is 2.26 bits per heavy atom. The van der Waals surface area contributed by atoms with Gasteiger partial charge in [-0.05, 0) is 18.6 Å². The average molecular weight is 263 g/mol. The molecule has 2 rings (SSSR count). The Hall–Kier alpha value is -2.21. The van der Waals surface area contributed by atoms with Gasteiger partial charge in [-0.1, -0.05) is 12.1 Å². The van der Waals surface area contributed by atoms with Crippen molar-refractivity contribution in [3.8, 4) is 0 Å². The Kier molecular flexibility index (Phi) is 3.91. The molecule has 0 saturated carbocycles. The summed E-state index contributed by atoms with van der Waals surface area (Å²) in [4.78, 5) is 35.3. The van der Waals surface area contributed by atoms with E-state index in [2.05, 4.69) is 0 Å². The average Bonchev–Trinajstić information content (AvgIpc) is 2.63. The van der Waals surface area contributed by atoms with E-state index >= 15 is 0 Å². The van der Waals surface area contributed by atoms with Crippen LogP contribution in [0, 0.1) is 0 Å². The van der Waals surface area contributed by atoms with Crippen LogP contribution in [0.5, 0.6) is 0 Å². The van der Waals surface area contributed by atoms with Gasteiger partial charge in [-0.25, -0.2) is 4.79 Å². The summed E-state index contributed by atoms with van der Waals surface area (Å²) in [6, 6.07) is 6.67. The zero-order valence-corrected chi connectivity index (χ0v) is 10.2. The number of carbonyl (C=O) groups is 3. The second kappa shape index (κ2) is 5.62. The number of benzene rings is 1. The van der Waals surface area contributed by atoms with Crippen LogP contribution < -0.4 is 0 Å². The van der Waals surface area contributed by atoms with Crippen LogP contribution in [0.4, 0.5) is 0 Å². The van der Waals surface area contributed by atoms with Gasteiger partial charge in [0.15, 0.2) is 0 Å². The molecule has 0 aromatic heterocycles. The number of nitrogens with zero attached hydrogens (tertiary/aromatic N) is 1. The van der Waals surface area contributed by atoms with E-state index in [4.69, 9.17) is 9.84 Å². The van der Waals surface area contributed by atoms with E-state index in [1.54, 1.807) is 24.3 Å². The molecule has 0 unspecified atom stereocenters. The monoisotopic (exact) mass is 263 g/mol. The van der Waals surface area contributed by atoms with Gasteiger partial charge < -0.3 is 9.84 Å². The van der Waals surface area contributed by atoms with Gasteiger partial charge >= 0.3 is 5.97 Å². The highest BCUT2D eigenvalue weighted by Gasteiger charge is 2.34. The molecule has 0 bridgehead atoms. The minimum absolute atomic E-state index is 0.194. The number of hydrogen-bond donors (Lipinski definition) is 1. The molecule has 1 aliphatic heterocycles. The molecule has 19 heavy (non-hydrogen) atoms. The lowest BCUT2D eigenvalue weighted by atomic mass is 10.1. The predicted molar refractivity (Wildman–Crippen MR) is 64.9 cm³/mol. The van der Waals surface area contributed by atoms with E-state index in [1.165, 1.54) is 0 Å². The highest BCUT2D eigenvalue weighted by molar-refractivity contribution is 6.21. The fraction of sp³-hybridized carbons (Fsp3) is 0.308. The van der Waals surface area contributed by atoms with E-state index in [0.29, 0.717) is 17.5 Å². The van der Waals surface area contributed by atoms with Gasteiger partial charge in [0, 0.05) is 13.2 Å². The number of imide groups is 1. The van der Waals surface area contributed by atoms with Crippen molar-refractivity contribution in [2.75, 3.05) is 19.8 Å². The molecule has 1 aliphatic rings. The lowest BCUT2D eigenvalue weighted by molar-refractivity contribution is -0.142. The van der Waals surface area contributed by atoms with E-state index in [1.807, 2.05) is 0 Å². The van der Waals surface area contributed by atoms with E-state index in [-0.39, 0.29) is 31.6 Å². The maximum absolute atomic E-state index is 11.9. The number of carboxylic acids is 1. The molecule has 100 valence electrons. The molecule has 1 aromatic rings. The summed E-state index contributed by atoms with van der Waals surface area (Å²) < 4.78 is 4.85. The second-order valence-corrected chi connectivity index (χ2v) is 4.11. The molecule has 1 heterocycles. The van der Waals surface area contributed by atoms with Crippen LogP contribution in [0.2, 0.25) is 0 Å². The molecule has 1 aromatic carbocycles. The van der Waals surface area contributed by atoms with Crippen molar-refractivity contribution in [1.29, 1.82) is 0 Å². The molecule has 0 radical (unpaired) electrons. The van der Waals surface area contributed by atoms with E-state index in [0.717, 1.165) is 4.90 Å². The summed E-state index contributed by atoms with van der Waals surface area (Å²) in [5.74, 6) is -1.65. The Balaban J connectivity index is 1.88. The summed E-state index contributed by atoms with van der Waals surface area (Å²) in [5.41, 5.74) is 0.831. The summed E-state index contributed by atoms with van der Waals surface area (Å²) in [6.45, 7) is 0.0494. The number of carboxylic acid groups (broad SMARTS) is 1. The third-order valence-corrected chi connectivity index (χ3v) is 2.77. The normalized spacial score (nSPS) is 13.8. The van der Waals surface area contributed by atoms with Crippen molar-refractivity contribution in [3.05, 3.63) is 35.4 Å². The van der Waals surface area contributed by atoms with Gasteiger partial charge in [0.25, 0.3) is 11.8 Å². The quantitative estimate of drug-likeness (QED) is 0.605. The number of aliphatic carboxylic acids is 1. The standard InChI is InChI=1S/C13H13NO5/c15-11(16)8-19-7-3-6-14-12(17)9-4-1-2-5-10(9)13(14)18/h1-2,4-5H,3,6-8H2,(H,15,16). The largest absolute Gasteiger partial charge is 0.480 e. The molecule has 6 nitrogen and oxygen atoms in total. The molecule has 0 atom stereocenters. The molecule has 1 N–H and O–H groups in total. The molecule has 0 saturated heterocycles. The van der Waals surface area contributed by atoms with Crippen LogP contribution >= 0.6 is 0 Å². The topological polar surface area (TPSA) is 83.9 Å². The van der Waals surface area contributed by atoms with Gasteiger partial charge in [-0.15, -0.1) is 0 Å². The number of amides is 2. The Morgan fingerprint density at radius 2 is 1.74 bits per heavy atom. The minimum atomic E-state index is -1.04. The van der Waals surface area contributed by atoms with Crippen LogP contribution in [0.1, 0.15) is 27.1 Å². The maximum Gasteiger partial charge on any atom is 0.329 e. The zero-order valence-electron chi connectivity index (χ0n) is 10.2. The molecule has 6 heteroatoms. The van der Waals surface area contributed by atoms with Gasteiger partial charge in [0.1, 0.15) is 6.61 Å². The summed E-state index contributed by atoms with van der Waals surface area (Å²) in [5, 5.41) is 8.38. The van der Waals surface area contributed by atoms with E-state index in [9.17, 15) is 14.4 Å². The van der Waals surface area contributed by atoms with Gasteiger partial charge in [0.05, 0.1) is 11.1 Å². The number of hydrogen-bond acceptors (Lipinski definition) is 4. The van der Waals surface area contributed by atoms with Gasteiger partial charge in [0.2, 0.25) is 0 Å². The SMILES string of the molecule is O=C(O)COCCCN1C(=O)c2ccccc2C1=O. The zero-order chi connectivity index (χ0) is 13.8. The first-order valence-electron chi connectivity index (χ1n) is 5.86. The van der Waals surface area contributed by atoms with Crippen molar-refractivity contribution in [2.24, 2.45) is 0 Å². The molecular formula is C13H13NO5. The van der Waals surface area contributed by atoms with Crippen LogP contribution in [-0.4, -0.2) is 47.5 Å². The van der Waals surface area contributed by atoms with Crippen LogP contribution in [-0.2, 0) is 9.53 Å². The Labute approximate surface area is 109 Å². The van der Waals surface area contributed by atoms with Gasteiger partial charge in [-0.3, -0.25) is 14.5 Å². The summed E-state index contributed by atoms with van der Waals surface area (Å²) in [7, 11) is 0. The first kappa shape index (κ1) is 13.2. The van der Waals surface area contributed by atoms with Gasteiger partial charge in [-0.2, -0.15) is 0 Å². The highest BCUT2D eigenvalue weighted by atomic mass is 16.5. The Morgan fingerprint density at radius 1 is 1.16 bits per heavy atom. The predicted octanol–water partition coefficient (Wildman–Crippen LogP) is 0.774. The number of fused-ring (bicyclic) bond motifs is 1. The highest BCUT2D eigenvalue weighted by Crippen LogP contribution is 2.22. The summed E-state index contributed by atoms with van der Waals surface area (Å²) >= 11 is 0. The van der Waals surface area contributed by atoms with Crippen molar-refractivity contribution < 1.29 is 24.2 Å². The third kappa shape index (κ3) is 2.79. The first-order valence-corrected chi connectivity index (χ1v) is 5.86. The minimum Gasteiger partial charge on any atom is -0.480 e. The smallest absolute Gasteiger partial charge is 0.329 e. The lowest BCUT2D eigenvalue weighted by Crippen LogP contribution is -2.31. The second-order valence-electron chi connectivity index (χ2n) is 4.11. The van der Waals surface area contributed by atoms with Crippen molar-refractivity contribution >= 4 is 17.8 Å². The van der Waals surface area contributed by atoms with Crippen LogP contribution in [0.3, 0.4) is 0 Å². The van der Waals surface area contributed by atoms with Crippen molar-refractivity contribution in [3.63, 3.8) is 0 Å². The van der Waals surface area contributed by atoms with E-state index < -0.39 is 5.97 Å². The number of carbonyl (C=O) groups excluding carboxylic acids is 2. The summed E-state index contributed by atoms with van der Waals surface area (Å²) in [6.07, 6.45) is 0.415. The maximum atomic E-state index is 11.9. The Bertz CT molecular complexity index is 491. The number of ether oxygens (including phenoxy) is 1. The first-order chi connectivity index (χ1) is 9.11. The molecule has 2 amide bonds.